The molecule has 0 fully saturated rings. The summed E-state index contributed by atoms with van der Waals surface area (Å²) in [4.78, 5) is 0. The van der Waals surface area contributed by atoms with E-state index in [1.165, 1.54) is 0 Å². The lowest BCUT2D eigenvalue weighted by Crippen LogP contribution is -3.00. The lowest BCUT2D eigenvalue weighted by Gasteiger charge is -2.37. The van der Waals surface area contributed by atoms with Crippen molar-refractivity contribution in [2.24, 2.45) is 0 Å². The van der Waals surface area contributed by atoms with Gasteiger partial charge in [-0.1, -0.05) is 0 Å². The van der Waals surface area contributed by atoms with E-state index in [4.69, 9.17) is 15.3 Å². The fourth-order valence-electron chi connectivity index (χ4n) is 1.25. The van der Waals surface area contributed by atoms with Crippen molar-refractivity contribution in [2.45, 2.75) is 12.1 Å². The van der Waals surface area contributed by atoms with Crippen LogP contribution in [0, 0.1) is 0 Å². The van der Waals surface area contributed by atoms with Gasteiger partial charge in [-0.25, -0.2) is 0 Å². The average Bonchev–Trinajstić information content (AvgIpc) is 2.05. The molecule has 0 aliphatic heterocycles. The minimum absolute atomic E-state index is 0. The maximum absolute atomic E-state index is 9.20. The van der Waals surface area contributed by atoms with Crippen LogP contribution in [0.2, 0.25) is 0 Å². The summed E-state index contributed by atoms with van der Waals surface area (Å²) in [5.41, 5.74) is 0. The average molecular weight is 230 g/mol. The van der Waals surface area contributed by atoms with Gasteiger partial charge in [-0.15, -0.1) is 0 Å². The third-order valence-corrected chi connectivity index (χ3v) is 2.30. The molecule has 1 unspecified atom stereocenters. The molecule has 0 rings (SSSR count). The highest BCUT2D eigenvalue weighted by molar-refractivity contribution is 4.57. The van der Waals surface area contributed by atoms with Gasteiger partial charge in [0.25, 0.3) is 0 Å². The molecule has 0 heterocycles. The van der Waals surface area contributed by atoms with Crippen LogP contribution in [0.3, 0.4) is 0 Å². The molecule has 4 N–H and O–H groups in total. The number of likely N-dealkylation sites (N-methyl/N-ethyl adjacent to an activating group) is 1. The normalized spacial score (nSPS) is 13.9. The van der Waals surface area contributed by atoms with Crippen molar-refractivity contribution >= 4 is 0 Å². The van der Waals surface area contributed by atoms with Crippen molar-refractivity contribution in [3.05, 3.63) is 0 Å². The molecule has 0 saturated carbocycles. The first kappa shape index (κ1) is 16.5. The van der Waals surface area contributed by atoms with Crippen LogP contribution in [0.1, 0.15) is 0 Å². The molecule has 0 aliphatic rings. The maximum Gasteiger partial charge on any atom is 0.135 e. The second-order valence-corrected chi connectivity index (χ2v) is 3.82. The molecule has 0 aromatic rings. The molecule has 14 heavy (non-hydrogen) atoms. The van der Waals surface area contributed by atoms with Crippen LogP contribution in [0.25, 0.3) is 0 Å². The topological polar surface area (TPSA) is 80.9 Å². The van der Waals surface area contributed by atoms with Crippen molar-refractivity contribution in [1.82, 2.24) is 0 Å². The van der Waals surface area contributed by atoms with E-state index >= 15 is 0 Å². The monoisotopic (exact) mass is 229 g/mol. The van der Waals surface area contributed by atoms with Gasteiger partial charge in [-0.3, -0.25) is 0 Å². The van der Waals surface area contributed by atoms with E-state index in [0.717, 1.165) is 0 Å². The minimum Gasteiger partial charge on any atom is -1.00 e. The molecule has 5 nitrogen and oxygen atoms in total. The van der Waals surface area contributed by atoms with E-state index in [-0.39, 0.29) is 42.8 Å². The number of nitrogens with zero attached hydrogens (tertiary/aromatic N) is 1. The van der Waals surface area contributed by atoms with Gasteiger partial charge >= 0.3 is 0 Å². The van der Waals surface area contributed by atoms with Crippen LogP contribution >= 0.6 is 0 Å². The Balaban J connectivity index is 0. The molecule has 0 radical (unpaired) electrons. The summed E-state index contributed by atoms with van der Waals surface area (Å²) in [5.74, 6) is 0. The molecular formula is C8H20ClNO4. The summed E-state index contributed by atoms with van der Waals surface area (Å²) < 4.78 is 0.286. The van der Waals surface area contributed by atoms with E-state index in [2.05, 4.69) is 0 Å². The second-order valence-electron chi connectivity index (χ2n) is 3.82. The Morgan fingerprint density at radius 3 is 1.71 bits per heavy atom. The highest BCUT2D eigenvalue weighted by atomic mass is 35.5. The number of hydrogen-bond acceptors (Lipinski definition) is 4. The predicted molar refractivity (Wildman–Crippen MR) is 48.0 cm³/mol. The zero-order valence-electron chi connectivity index (χ0n) is 8.60. The second kappa shape index (κ2) is 7.39. The van der Waals surface area contributed by atoms with Gasteiger partial charge in [0.15, 0.2) is 0 Å². The zero-order chi connectivity index (χ0) is 10.5. The van der Waals surface area contributed by atoms with Gasteiger partial charge < -0.3 is 37.3 Å². The molecule has 0 aromatic heterocycles. The summed E-state index contributed by atoms with van der Waals surface area (Å²) in [5, 5.41) is 35.7. The van der Waals surface area contributed by atoms with Crippen LogP contribution < -0.4 is 12.4 Å². The van der Waals surface area contributed by atoms with Gasteiger partial charge in [0.05, 0.1) is 33.9 Å². The van der Waals surface area contributed by atoms with Gasteiger partial charge in [0.2, 0.25) is 0 Å². The van der Waals surface area contributed by atoms with Crippen molar-refractivity contribution in [2.75, 3.05) is 40.5 Å². The minimum atomic E-state index is -0.810. The maximum atomic E-state index is 9.20. The molecule has 0 aromatic carbocycles. The highest BCUT2D eigenvalue weighted by Gasteiger charge is 2.29. The van der Waals surface area contributed by atoms with Crippen molar-refractivity contribution in [3.8, 4) is 0 Å². The lowest BCUT2D eigenvalue weighted by atomic mass is 10.2. The van der Waals surface area contributed by atoms with E-state index in [1.54, 1.807) is 14.1 Å². The van der Waals surface area contributed by atoms with Gasteiger partial charge in [-0.05, 0) is 0 Å². The Bertz CT molecular complexity index is 141. The predicted octanol–water partition coefficient (Wildman–Crippen LogP) is -5.23. The van der Waals surface area contributed by atoms with Gasteiger partial charge in [0, 0.05) is 0 Å². The quantitative estimate of drug-likeness (QED) is 0.343. The fraction of sp³-hybridized carbons (Fsp3) is 1.00. The first-order chi connectivity index (χ1) is 5.97. The molecule has 6 heteroatoms. The summed E-state index contributed by atoms with van der Waals surface area (Å²) in [7, 11) is 3.58. The number of quaternary nitrogens is 1. The lowest BCUT2D eigenvalue weighted by molar-refractivity contribution is -0.918. The Morgan fingerprint density at radius 1 is 1.00 bits per heavy atom. The Labute approximate surface area is 90.6 Å². The van der Waals surface area contributed by atoms with E-state index in [1.807, 2.05) is 0 Å². The van der Waals surface area contributed by atoms with Crippen LogP contribution in [0.15, 0.2) is 0 Å². The molecule has 0 bridgehead atoms. The third-order valence-electron chi connectivity index (χ3n) is 2.30. The van der Waals surface area contributed by atoms with Crippen LogP contribution in [-0.2, 0) is 0 Å². The summed E-state index contributed by atoms with van der Waals surface area (Å²) >= 11 is 0. The van der Waals surface area contributed by atoms with E-state index in [0.29, 0.717) is 6.54 Å². The standard InChI is InChI=1S/C8H20NO4.ClH/c1-9(2,3-8(13)6-12)7(4-10)5-11;/h7-8,10-13H,3-6H2,1-2H3;1H/q+1;/p-1. The van der Waals surface area contributed by atoms with Gasteiger partial charge in [0.1, 0.15) is 18.7 Å². The molecule has 0 spiro atoms. The van der Waals surface area contributed by atoms with Crippen LogP contribution in [0.4, 0.5) is 0 Å². The number of aliphatic hydroxyl groups excluding tert-OH is 4. The van der Waals surface area contributed by atoms with Crippen LogP contribution in [-0.4, -0.2) is 77.5 Å². The van der Waals surface area contributed by atoms with E-state index < -0.39 is 6.10 Å². The molecule has 1 atom stereocenters. The van der Waals surface area contributed by atoms with E-state index in [9.17, 15) is 5.11 Å². The van der Waals surface area contributed by atoms with Gasteiger partial charge in [-0.2, -0.15) is 0 Å². The molecule has 0 saturated heterocycles. The Kier molecular flexibility index (Phi) is 8.72. The Morgan fingerprint density at radius 2 is 1.43 bits per heavy atom. The molecule has 0 amide bonds. The first-order valence-corrected chi connectivity index (χ1v) is 4.31. The smallest absolute Gasteiger partial charge is 0.135 e. The highest BCUT2D eigenvalue weighted by Crippen LogP contribution is 2.07. The number of aliphatic hydroxyl groups is 4. The number of rotatable bonds is 6. The van der Waals surface area contributed by atoms with Crippen molar-refractivity contribution < 1.29 is 37.3 Å². The summed E-state index contributed by atoms with van der Waals surface area (Å²) in [6, 6.07) is -0.318. The SMILES string of the molecule is C[N+](C)(CC(O)CO)C(CO)CO.[Cl-]. The van der Waals surface area contributed by atoms with Crippen molar-refractivity contribution in [1.29, 1.82) is 0 Å². The molecule has 88 valence electrons. The summed E-state index contributed by atoms with van der Waals surface area (Å²) in [6.45, 7) is -0.267. The zero-order valence-corrected chi connectivity index (χ0v) is 9.35. The summed E-state index contributed by atoms with van der Waals surface area (Å²) in [6.07, 6.45) is -0.810. The van der Waals surface area contributed by atoms with Crippen LogP contribution in [0.5, 0.6) is 0 Å². The third kappa shape index (κ3) is 5.09. The number of halogens is 1. The molecule has 0 aliphatic carbocycles. The number of hydrogen-bond donors (Lipinski definition) is 4. The Hall–Kier alpha value is 0.0900. The largest absolute Gasteiger partial charge is 1.00 e. The fourth-order valence-corrected chi connectivity index (χ4v) is 1.25. The van der Waals surface area contributed by atoms with Crippen molar-refractivity contribution in [3.63, 3.8) is 0 Å². The molecular weight excluding hydrogens is 210 g/mol. The first-order valence-electron chi connectivity index (χ1n) is 4.31.